The molecule has 1 amide bonds. The topological polar surface area (TPSA) is 33.2 Å². The van der Waals surface area contributed by atoms with Crippen molar-refractivity contribution in [1.82, 2.24) is 9.88 Å². The van der Waals surface area contributed by atoms with E-state index in [9.17, 15) is 4.79 Å². The Morgan fingerprint density at radius 3 is 2.77 bits per heavy atom. The molecule has 22 heavy (non-hydrogen) atoms. The van der Waals surface area contributed by atoms with E-state index < -0.39 is 0 Å². The first-order valence-corrected chi connectivity index (χ1v) is 8.53. The SMILES string of the molecule is C/C=C/C=C/C(=O)N1CCC(c2nc3ccccc3s2)CC1. The fraction of sp³-hybridized carbons (Fsp3) is 0.333. The number of amides is 1. The Balaban J connectivity index is 1.62. The Labute approximate surface area is 135 Å². The zero-order valence-corrected chi connectivity index (χ0v) is 13.6. The first kappa shape index (κ1) is 15.0. The maximum atomic E-state index is 12.0. The molecule has 0 radical (unpaired) electrons. The summed E-state index contributed by atoms with van der Waals surface area (Å²) in [5.74, 6) is 0.599. The normalized spacial score (nSPS) is 17.0. The van der Waals surface area contributed by atoms with Gasteiger partial charge in [0.25, 0.3) is 0 Å². The molecule has 0 N–H and O–H groups in total. The van der Waals surface area contributed by atoms with Gasteiger partial charge in [-0.15, -0.1) is 11.3 Å². The number of aromatic nitrogens is 1. The van der Waals surface area contributed by atoms with Gasteiger partial charge in [0.05, 0.1) is 15.2 Å². The predicted molar refractivity (Wildman–Crippen MR) is 92.1 cm³/mol. The van der Waals surface area contributed by atoms with E-state index in [4.69, 9.17) is 4.98 Å². The summed E-state index contributed by atoms with van der Waals surface area (Å²) in [4.78, 5) is 18.7. The lowest BCUT2D eigenvalue weighted by molar-refractivity contribution is -0.127. The second-order valence-electron chi connectivity index (χ2n) is 5.50. The maximum Gasteiger partial charge on any atom is 0.246 e. The van der Waals surface area contributed by atoms with Crippen LogP contribution in [-0.2, 0) is 4.79 Å². The standard InChI is InChI=1S/C18H20N2OS/c1-2-3-4-9-17(21)20-12-10-14(11-13-20)18-19-15-7-5-6-8-16(15)22-18/h2-9,14H,10-13H2,1H3/b3-2+,9-4+. The van der Waals surface area contributed by atoms with Crippen molar-refractivity contribution < 1.29 is 4.79 Å². The lowest BCUT2D eigenvalue weighted by Crippen LogP contribution is -2.36. The van der Waals surface area contributed by atoms with Gasteiger partial charge < -0.3 is 4.90 Å². The number of fused-ring (bicyclic) bond motifs is 1. The monoisotopic (exact) mass is 312 g/mol. The van der Waals surface area contributed by atoms with Crippen LogP contribution in [0.15, 0.2) is 48.6 Å². The molecular weight excluding hydrogens is 292 g/mol. The Morgan fingerprint density at radius 1 is 1.27 bits per heavy atom. The molecule has 4 heteroatoms. The summed E-state index contributed by atoms with van der Waals surface area (Å²) < 4.78 is 1.25. The number of para-hydroxylation sites is 1. The summed E-state index contributed by atoms with van der Waals surface area (Å²) in [6.07, 6.45) is 9.26. The van der Waals surface area contributed by atoms with Gasteiger partial charge in [0.1, 0.15) is 0 Å². The molecule has 0 saturated carbocycles. The lowest BCUT2D eigenvalue weighted by atomic mass is 9.97. The van der Waals surface area contributed by atoms with E-state index in [1.54, 1.807) is 17.4 Å². The smallest absolute Gasteiger partial charge is 0.246 e. The highest BCUT2D eigenvalue weighted by Gasteiger charge is 2.24. The van der Waals surface area contributed by atoms with Crippen LogP contribution in [0.2, 0.25) is 0 Å². The fourth-order valence-electron chi connectivity index (χ4n) is 2.77. The van der Waals surface area contributed by atoms with Crippen molar-refractivity contribution in [1.29, 1.82) is 0 Å². The Hall–Kier alpha value is -1.94. The molecule has 1 saturated heterocycles. The molecule has 114 valence electrons. The molecule has 0 bridgehead atoms. The van der Waals surface area contributed by atoms with E-state index in [0.717, 1.165) is 31.4 Å². The van der Waals surface area contributed by atoms with Gasteiger partial charge in [-0.3, -0.25) is 4.79 Å². The third-order valence-electron chi connectivity index (χ3n) is 4.01. The average Bonchev–Trinajstić information content (AvgIpc) is 2.99. The van der Waals surface area contributed by atoms with Crippen LogP contribution in [0, 0.1) is 0 Å². The molecule has 1 aromatic carbocycles. The zero-order chi connectivity index (χ0) is 15.4. The van der Waals surface area contributed by atoms with Crippen molar-refractivity contribution in [3.8, 4) is 0 Å². The van der Waals surface area contributed by atoms with E-state index >= 15 is 0 Å². The number of thiazole rings is 1. The molecular formula is C18H20N2OS. The fourth-order valence-corrected chi connectivity index (χ4v) is 3.90. The van der Waals surface area contributed by atoms with E-state index in [1.165, 1.54) is 9.71 Å². The molecule has 2 heterocycles. The molecule has 2 aromatic rings. The zero-order valence-electron chi connectivity index (χ0n) is 12.7. The molecule has 0 spiro atoms. The third kappa shape index (κ3) is 3.28. The van der Waals surface area contributed by atoms with E-state index in [2.05, 4.69) is 18.2 Å². The summed E-state index contributed by atoms with van der Waals surface area (Å²) in [5.41, 5.74) is 1.09. The number of allylic oxidation sites excluding steroid dienone is 3. The summed E-state index contributed by atoms with van der Waals surface area (Å²) in [6.45, 7) is 3.58. The number of hydrogen-bond donors (Lipinski definition) is 0. The van der Waals surface area contributed by atoms with Crippen LogP contribution in [0.4, 0.5) is 0 Å². The minimum absolute atomic E-state index is 0.112. The maximum absolute atomic E-state index is 12.0. The van der Waals surface area contributed by atoms with Crippen LogP contribution < -0.4 is 0 Å². The molecule has 0 atom stereocenters. The molecule has 1 fully saturated rings. The highest BCUT2D eigenvalue weighted by molar-refractivity contribution is 7.18. The van der Waals surface area contributed by atoms with Crippen LogP contribution in [0.5, 0.6) is 0 Å². The van der Waals surface area contributed by atoms with Crippen molar-refractivity contribution >= 4 is 27.5 Å². The van der Waals surface area contributed by atoms with Gasteiger partial charge in [0.15, 0.2) is 0 Å². The lowest BCUT2D eigenvalue weighted by Gasteiger charge is -2.30. The van der Waals surface area contributed by atoms with Crippen molar-refractivity contribution in [3.63, 3.8) is 0 Å². The van der Waals surface area contributed by atoms with Crippen LogP contribution in [0.25, 0.3) is 10.2 Å². The Morgan fingerprint density at radius 2 is 2.05 bits per heavy atom. The Bertz CT molecular complexity index is 676. The first-order chi connectivity index (χ1) is 10.8. The number of nitrogens with zero attached hydrogens (tertiary/aromatic N) is 2. The van der Waals surface area contributed by atoms with Crippen LogP contribution >= 0.6 is 11.3 Å². The van der Waals surface area contributed by atoms with Crippen LogP contribution in [-0.4, -0.2) is 28.9 Å². The average molecular weight is 312 g/mol. The van der Waals surface area contributed by atoms with Crippen molar-refractivity contribution in [2.75, 3.05) is 13.1 Å². The molecule has 3 rings (SSSR count). The van der Waals surface area contributed by atoms with E-state index in [0.29, 0.717) is 5.92 Å². The minimum Gasteiger partial charge on any atom is -0.339 e. The highest BCUT2D eigenvalue weighted by atomic mass is 32.1. The predicted octanol–water partition coefficient (Wildman–Crippen LogP) is 4.13. The number of carbonyl (C=O) groups excluding carboxylic acids is 1. The molecule has 1 aliphatic heterocycles. The largest absolute Gasteiger partial charge is 0.339 e. The van der Waals surface area contributed by atoms with Crippen LogP contribution in [0.3, 0.4) is 0 Å². The summed E-state index contributed by atoms with van der Waals surface area (Å²) >= 11 is 1.79. The first-order valence-electron chi connectivity index (χ1n) is 7.71. The third-order valence-corrected chi connectivity index (χ3v) is 5.21. The number of rotatable bonds is 3. The number of carbonyl (C=O) groups is 1. The number of piperidine rings is 1. The van der Waals surface area contributed by atoms with Gasteiger partial charge in [-0.2, -0.15) is 0 Å². The Kier molecular flexibility index (Phi) is 4.68. The van der Waals surface area contributed by atoms with Crippen molar-refractivity contribution in [2.45, 2.75) is 25.7 Å². The summed E-state index contributed by atoms with van der Waals surface area (Å²) in [5, 5.41) is 1.22. The molecule has 0 unspecified atom stereocenters. The van der Waals surface area contributed by atoms with Gasteiger partial charge in [-0.05, 0) is 31.9 Å². The second kappa shape index (κ2) is 6.88. The minimum atomic E-state index is 0.112. The van der Waals surface area contributed by atoms with Gasteiger partial charge in [-0.1, -0.05) is 30.4 Å². The quantitative estimate of drug-likeness (QED) is 0.630. The number of likely N-dealkylation sites (tertiary alicyclic amines) is 1. The molecule has 3 nitrogen and oxygen atoms in total. The molecule has 1 aliphatic rings. The van der Waals surface area contributed by atoms with Crippen LogP contribution in [0.1, 0.15) is 30.7 Å². The van der Waals surface area contributed by atoms with Gasteiger partial charge in [0.2, 0.25) is 5.91 Å². The van der Waals surface area contributed by atoms with E-state index in [-0.39, 0.29) is 5.91 Å². The summed E-state index contributed by atoms with van der Waals surface area (Å²) in [7, 11) is 0. The summed E-state index contributed by atoms with van der Waals surface area (Å²) in [6, 6.07) is 8.29. The van der Waals surface area contributed by atoms with Gasteiger partial charge in [0, 0.05) is 25.1 Å². The molecule has 0 aliphatic carbocycles. The van der Waals surface area contributed by atoms with Crippen molar-refractivity contribution in [2.24, 2.45) is 0 Å². The van der Waals surface area contributed by atoms with E-state index in [1.807, 2.05) is 36.1 Å². The highest BCUT2D eigenvalue weighted by Crippen LogP contribution is 2.33. The second-order valence-corrected chi connectivity index (χ2v) is 6.57. The number of benzene rings is 1. The number of hydrogen-bond acceptors (Lipinski definition) is 3. The van der Waals surface area contributed by atoms with Gasteiger partial charge >= 0.3 is 0 Å². The van der Waals surface area contributed by atoms with Gasteiger partial charge in [-0.25, -0.2) is 4.98 Å². The van der Waals surface area contributed by atoms with Crippen molar-refractivity contribution in [3.05, 3.63) is 53.6 Å². The molecule has 1 aromatic heterocycles.